The summed E-state index contributed by atoms with van der Waals surface area (Å²) < 4.78 is 0. The van der Waals surface area contributed by atoms with Gasteiger partial charge in [-0.2, -0.15) is 0 Å². The molecule has 0 amide bonds. The summed E-state index contributed by atoms with van der Waals surface area (Å²) in [5.74, 6) is 0.800. The van der Waals surface area contributed by atoms with E-state index in [1.54, 1.807) is 0 Å². The van der Waals surface area contributed by atoms with Crippen molar-refractivity contribution < 1.29 is 0 Å². The maximum absolute atomic E-state index is 6.33. The number of hydrogen-bond donors (Lipinski definition) is 1. The molecule has 0 unspecified atom stereocenters. The zero-order valence-electron chi connectivity index (χ0n) is 9.82. The Bertz CT molecular complexity index is 392. The molecular formula is C13H19N3. The minimum atomic E-state index is 0.128. The van der Waals surface area contributed by atoms with Gasteiger partial charge < -0.3 is 5.73 Å². The van der Waals surface area contributed by atoms with Crippen LogP contribution in [0.3, 0.4) is 0 Å². The summed E-state index contributed by atoms with van der Waals surface area (Å²) in [6, 6.07) is 4.12. The zero-order valence-corrected chi connectivity index (χ0v) is 9.82. The molecule has 3 rings (SSSR count). The lowest BCUT2D eigenvalue weighted by Gasteiger charge is -2.48. The van der Waals surface area contributed by atoms with Gasteiger partial charge >= 0.3 is 0 Å². The predicted molar refractivity (Wildman–Crippen MR) is 63.9 cm³/mol. The van der Waals surface area contributed by atoms with Crippen molar-refractivity contribution >= 4 is 0 Å². The Hall–Kier alpha value is -0.930. The van der Waals surface area contributed by atoms with Crippen LogP contribution in [0.1, 0.15) is 24.1 Å². The van der Waals surface area contributed by atoms with Crippen molar-refractivity contribution in [2.24, 2.45) is 11.7 Å². The van der Waals surface area contributed by atoms with Gasteiger partial charge in [-0.25, -0.2) is 0 Å². The van der Waals surface area contributed by atoms with E-state index >= 15 is 0 Å². The predicted octanol–water partition coefficient (Wildman–Crippen LogP) is 1.31. The monoisotopic (exact) mass is 217 g/mol. The van der Waals surface area contributed by atoms with E-state index in [0.29, 0.717) is 0 Å². The fraction of sp³-hybridized carbons (Fsp3) is 0.615. The van der Waals surface area contributed by atoms with Crippen LogP contribution in [-0.2, 0) is 6.54 Å². The Morgan fingerprint density at radius 2 is 2.25 bits per heavy atom. The lowest BCUT2D eigenvalue weighted by molar-refractivity contribution is 0.0466. The van der Waals surface area contributed by atoms with E-state index < -0.39 is 0 Å². The number of rotatable bonds is 3. The van der Waals surface area contributed by atoms with E-state index in [-0.39, 0.29) is 5.54 Å². The van der Waals surface area contributed by atoms with Crippen LogP contribution in [0.25, 0.3) is 0 Å². The molecule has 16 heavy (non-hydrogen) atoms. The molecule has 1 aliphatic carbocycles. The average Bonchev–Trinajstić information content (AvgIpc) is 3.02. The molecule has 0 aromatic carbocycles. The third-order valence-electron chi connectivity index (χ3n) is 3.92. The van der Waals surface area contributed by atoms with Gasteiger partial charge in [0.15, 0.2) is 0 Å². The Balaban J connectivity index is 1.60. The van der Waals surface area contributed by atoms with E-state index in [9.17, 15) is 0 Å². The molecule has 0 bridgehead atoms. The molecule has 0 spiro atoms. The number of aryl methyl sites for hydroxylation is 1. The second-order valence-corrected chi connectivity index (χ2v) is 5.42. The van der Waals surface area contributed by atoms with Gasteiger partial charge in [0.25, 0.3) is 0 Å². The van der Waals surface area contributed by atoms with Crippen molar-refractivity contribution in [1.29, 1.82) is 0 Å². The van der Waals surface area contributed by atoms with E-state index in [4.69, 9.17) is 5.73 Å². The SMILES string of the molecule is Cc1cccnc1CN1CC(N)(C2CC2)C1. The quantitative estimate of drug-likeness (QED) is 0.830. The number of nitrogens with zero attached hydrogens (tertiary/aromatic N) is 2. The summed E-state index contributed by atoms with van der Waals surface area (Å²) in [5.41, 5.74) is 8.93. The third-order valence-corrected chi connectivity index (χ3v) is 3.92. The molecule has 2 aliphatic rings. The molecule has 2 fully saturated rings. The molecule has 1 aromatic heterocycles. The summed E-state index contributed by atoms with van der Waals surface area (Å²) in [6.07, 6.45) is 4.55. The normalized spacial score (nSPS) is 24.1. The number of nitrogens with two attached hydrogens (primary N) is 1. The zero-order chi connectivity index (χ0) is 11.2. The number of pyridine rings is 1. The lowest BCUT2D eigenvalue weighted by Crippen LogP contribution is -2.68. The van der Waals surface area contributed by atoms with Crippen LogP contribution < -0.4 is 5.73 Å². The van der Waals surface area contributed by atoms with Crippen molar-refractivity contribution in [3.8, 4) is 0 Å². The molecule has 86 valence electrons. The van der Waals surface area contributed by atoms with Gasteiger partial charge in [0.1, 0.15) is 0 Å². The average molecular weight is 217 g/mol. The molecule has 0 atom stereocenters. The molecule has 1 saturated carbocycles. The van der Waals surface area contributed by atoms with Crippen molar-refractivity contribution in [2.75, 3.05) is 13.1 Å². The van der Waals surface area contributed by atoms with Gasteiger partial charge in [-0.05, 0) is 37.3 Å². The van der Waals surface area contributed by atoms with Crippen LogP contribution >= 0.6 is 0 Å². The summed E-state index contributed by atoms with van der Waals surface area (Å²) in [4.78, 5) is 6.84. The largest absolute Gasteiger partial charge is 0.323 e. The van der Waals surface area contributed by atoms with Crippen molar-refractivity contribution in [3.05, 3.63) is 29.6 Å². The number of aromatic nitrogens is 1. The molecule has 1 aromatic rings. The second-order valence-electron chi connectivity index (χ2n) is 5.42. The van der Waals surface area contributed by atoms with Gasteiger partial charge in [0.05, 0.1) is 5.69 Å². The molecule has 2 heterocycles. The highest BCUT2D eigenvalue weighted by molar-refractivity contribution is 5.19. The van der Waals surface area contributed by atoms with Crippen LogP contribution in [-0.4, -0.2) is 28.5 Å². The number of hydrogen-bond acceptors (Lipinski definition) is 3. The molecule has 1 aliphatic heterocycles. The Morgan fingerprint density at radius 3 is 2.88 bits per heavy atom. The minimum Gasteiger partial charge on any atom is -0.323 e. The van der Waals surface area contributed by atoms with Crippen LogP contribution in [0.4, 0.5) is 0 Å². The second kappa shape index (κ2) is 3.54. The first kappa shape index (κ1) is 10.2. The highest BCUT2D eigenvalue weighted by Gasteiger charge is 2.50. The summed E-state index contributed by atoms with van der Waals surface area (Å²) in [7, 11) is 0. The highest BCUT2D eigenvalue weighted by atomic mass is 15.3. The van der Waals surface area contributed by atoms with E-state index in [2.05, 4.69) is 22.9 Å². The third kappa shape index (κ3) is 1.74. The molecule has 3 heteroatoms. The maximum Gasteiger partial charge on any atom is 0.0573 e. The lowest BCUT2D eigenvalue weighted by atomic mass is 9.85. The van der Waals surface area contributed by atoms with Crippen LogP contribution in [0.5, 0.6) is 0 Å². The molecule has 3 nitrogen and oxygen atoms in total. The fourth-order valence-corrected chi connectivity index (χ4v) is 2.71. The Kier molecular flexibility index (Phi) is 2.26. The standard InChI is InChI=1S/C13H19N3/c1-10-3-2-6-15-12(10)7-16-8-13(14,9-16)11-4-5-11/h2-3,6,11H,4-5,7-9,14H2,1H3. The summed E-state index contributed by atoms with van der Waals surface area (Å²) >= 11 is 0. The maximum atomic E-state index is 6.33. The van der Waals surface area contributed by atoms with Crippen LogP contribution in [0.2, 0.25) is 0 Å². The van der Waals surface area contributed by atoms with Crippen LogP contribution in [0.15, 0.2) is 18.3 Å². The number of likely N-dealkylation sites (tertiary alicyclic amines) is 1. The molecule has 2 N–H and O–H groups in total. The van der Waals surface area contributed by atoms with Crippen molar-refractivity contribution in [2.45, 2.75) is 31.8 Å². The van der Waals surface area contributed by atoms with Crippen molar-refractivity contribution in [3.63, 3.8) is 0 Å². The summed E-state index contributed by atoms with van der Waals surface area (Å²) in [6.45, 7) is 5.18. The fourth-order valence-electron chi connectivity index (χ4n) is 2.71. The Labute approximate surface area is 96.7 Å². The Morgan fingerprint density at radius 1 is 1.50 bits per heavy atom. The van der Waals surface area contributed by atoms with Gasteiger partial charge in [0.2, 0.25) is 0 Å². The highest BCUT2D eigenvalue weighted by Crippen LogP contribution is 2.43. The van der Waals surface area contributed by atoms with Gasteiger partial charge in [0, 0.05) is 31.4 Å². The first-order valence-electron chi connectivity index (χ1n) is 6.09. The minimum absolute atomic E-state index is 0.128. The molecular weight excluding hydrogens is 198 g/mol. The molecule has 1 saturated heterocycles. The topological polar surface area (TPSA) is 42.2 Å². The smallest absolute Gasteiger partial charge is 0.0573 e. The van der Waals surface area contributed by atoms with Crippen molar-refractivity contribution in [1.82, 2.24) is 9.88 Å². The van der Waals surface area contributed by atoms with E-state index in [0.717, 1.165) is 25.6 Å². The first-order chi connectivity index (χ1) is 7.67. The van der Waals surface area contributed by atoms with Gasteiger partial charge in [-0.1, -0.05) is 6.07 Å². The first-order valence-corrected chi connectivity index (χ1v) is 6.09. The van der Waals surface area contributed by atoms with Gasteiger partial charge in [-0.3, -0.25) is 9.88 Å². The van der Waals surface area contributed by atoms with E-state index in [1.165, 1.54) is 24.1 Å². The van der Waals surface area contributed by atoms with E-state index in [1.807, 2.05) is 12.3 Å². The summed E-state index contributed by atoms with van der Waals surface area (Å²) in [5, 5.41) is 0. The molecule has 0 radical (unpaired) electrons. The van der Waals surface area contributed by atoms with Gasteiger partial charge in [-0.15, -0.1) is 0 Å². The van der Waals surface area contributed by atoms with Crippen LogP contribution in [0, 0.1) is 12.8 Å².